The summed E-state index contributed by atoms with van der Waals surface area (Å²) in [6.45, 7) is 0. The summed E-state index contributed by atoms with van der Waals surface area (Å²) in [5.74, 6) is 0. The predicted octanol–water partition coefficient (Wildman–Crippen LogP) is 3.96. The van der Waals surface area contributed by atoms with Gasteiger partial charge >= 0.3 is 0 Å². The molecule has 5 rings (SSSR count). The Bertz CT molecular complexity index is 1340. The lowest BCUT2D eigenvalue weighted by Gasteiger charge is -2.09. The lowest BCUT2D eigenvalue weighted by atomic mass is 10.0. The van der Waals surface area contributed by atoms with Crippen molar-refractivity contribution in [3.8, 4) is 0 Å². The van der Waals surface area contributed by atoms with Crippen LogP contribution in [0.25, 0.3) is 43.6 Å². The molecule has 3 N–H and O–H groups in total. The van der Waals surface area contributed by atoms with Gasteiger partial charge in [0, 0.05) is 27.1 Å². The summed E-state index contributed by atoms with van der Waals surface area (Å²) < 4.78 is 0. The van der Waals surface area contributed by atoms with Crippen molar-refractivity contribution in [2.45, 2.75) is 0 Å². The first kappa shape index (κ1) is 13.1. The Hall–Kier alpha value is -3.40. The first-order valence-electron chi connectivity index (χ1n) is 7.75. The predicted molar refractivity (Wildman–Crippen MR) is 99.3 cm³/mol. The third-order valence-corrected chi connectivity index (χ3v) is 4.55. The van der Waals surface area contributed by atoms with Crippen LogP contribution in [-0.2, 0) is 0 Å². The van der Waals surface area contributed by atoms with Crippen molar-refractivity contribution >= 4 is 49.3 Å². The van der Waals surface area contributed by atoms with Gasteiger partial charge in [0.25, 0.3) is 0 Å². The van der Waals surface area contributed by atoms with E-state index in [1.165, 1.54) is 0 Å². The number of fused-ring (bicyclic) bond motifs is 4. The molecule has 0 unspecified atom stereocenters. The van der Waals surface area contributed by atoms with E-state index in [2.05, 4.69) is 9.97 Å². The van der Waals surface area contributed by atoms with Crippen molar-refractivity contribution in [3.63, 3.8) is 0 Å². The number of H-pyrrole nitrogens is 1. The summed E-state index contributed by atoms with van der Waals surface area (Å²) in [4.78, 5) is 20.8. The van der Waals surface area contributed by atoms with Gasteiger partial charge in [-0.3, -0.25) is 4.79 Å². The summed E-state index contributed by atoms with van der Waals surface area (Å²) in [5.41, 5.74) is 10.2. The van der Waals surface area contributed by atoms with Gasteiger partial charge in [0.05, 0.1) is 22.2 Å². The second kappa shape index (κ2) is 4.55. The van der Waals surface area contributed by atoms with Gasteiger partial charge < -0.3 is 10.7 Å². The van der Waals surface area contributed by atoms with Gasteiger partial charge in [-0.1, -0.05) is 30.3 Å². The first-order valence-corrected chi connectivity index (χ1v) is 7.75. The van der Waals surface area contributed by atoms with Crippen LogP contribution in [-0.4, -0.2) is 9.97 Å². The van der Waals surface area contributed by atoms with Crippen molar-refractivity contribution in [1.29, 1.82) is 0 Å². The van der Waals surface area contributed by atoms with Gasteiger partial charge in [-0.2, -0.15) is 0 Å². The van der Waals surface area contributed by atoms with Crippen LogP contribution < -0.4 is 11.2 Å². The third kappa shape index (κ3) is 1.68. The minimum absolute atomic E-state index is 0.00906. The number of aromatic nitrogens is 2. The average molecular weight is 311 g/mol. The number of hydrogen-bond acceptors (Lipinski definition) is 3. The summed E-state index contributed by atoms with van der Waals surface area (Å²) in [5, 5.41) is 3.08. The highest BCUT2D eigenvalue weighted by Crippen LogP contribution is 2.30. The second-order valence-electron chi connectivity index (χ2n) is 5.96. The number of aromatic amines is 1. The number of anilines is 1. The van der Waals surface area contributed by atoms with Gasteiger partial charge in [-0.25, -0.2) is 4.98 Å². The number of nitrogens with two attached hydrogens (primary N) is 1. The van der Waals surface area contributed by atoms with E-state index < -0.39 is 0 Å². The maximum atomic E-state index is 12.8. The highest BCUT2D eigenvalue weighted by Gasteiger charge is 2.11. The molecule has 0 aliphatic rings. The molecule has 0 spiro atoms. The van der Waals surface area contributed by atoms with Gasteiger partial charge in [-0.05, 0) is 30.3 Å². The fraction of sp³-hybridized carbons (Fsp3) is 0. The zero-order valence-corrected chi connectivity index (χ0v) is 12.7. The molecule has 0 amide bonds. The maximum Gasteiger partial charge on any atom is 0.197 e. The van der Waals surface area contributed by atoms with Crippen LogP contribution in [0.15, 0.2) is 65.5 Å². The molecule has 4 heteroatoms. The second-order valence-corrected chi connectivity index (χ2v) is 5.96. The first-order chi connectivity index (χ1) is 11.7. The van der Waals surface area contributed by atoms with E-state index in [0.29, 0.717) is 16.5 Å². The number of nitrogen functional groups attached to an aromatic ring is 1. The number of hydrogen-bond donors (Lipinski definition) is 2. The molecule has 0 fully saturated rings. The Labute approximate surface area is 136 Å². The standard InChI is InChI=1S/C20H13N3O/c21-19-11-5-1-3-7-15(11)22-17-10-14-18(9-13(17)19)23-16-8-4-2-6-12(16)20(14)24/h1-10H,(H2,21,22)(H,23,24). The minimum atomic E-state index is 0.00906. The van der Waals surface area contributed by atoms with Crippen LogP contribution >= 0.6 is 0 Å². The average Bonchev–Trinajstić information content (AvgIpc) is 2.62. The number of pyridine rings is 2. The molecule has 0 saturated heterocycles. The molecule has 2 aromatic heterocycles. The molecule has 114 valence electrons. The molecule has 0 radical (unpaired) electrons. The highest BCUT2D eigenvalue weighted by atomic mass is 16.1. The van der Waals surface area contributed by atoms with E-state index in [-0.39, 0.29) is 5.43 Å². The van der Waals surface area contributed by atoms with Crippen molar-refractivity contribution in [3.05, 3.63) is 70.9 Å². The Morgan fingerprint density at radius 1 is 0.750 bits per heavy atom. The van der Waals surface area contributed by atoms with E-state index in [9.17, 15) is 4.79 Å². The van der Waals surface area contributed by atoms with Crippen LogP contribution in [0.5, 0.6) is 0 Å². The molecule has 0 aliphatic carbocycles. The van der Waals surface area contributed by atoms with Gasteiger partial charge in [0.2, 0.25) is 0 Å². The van der Waals surface area contributed by atoms with Crippen molar-refractivity contribution in [2.24, 2.45) is 0 Å². The van der Waals surface area contributed by atoms with E-state index in [1.54, 1.807) is 0 Å². The van der Waals surface area contributed by atoms with Crippen LogP contribution in [0.2, 0.25) is 0 Å². The van der Waals surface area contributed by atoms with Crippen molar-refractivity contribution < 1.29 is 0 Å². The summed E-state index contributed by atoms with van der Waals surface area (Å²) in [6.07, 6.45) is 0. The van der Waals surface area contributed by atoms with Crippen LogP contribution in [0, 0.1) is 0 Å². The number of rotatable bonds is 0. The number of benzene rings is 3. The smallest absolute Gasteiger partial charge is 0.197 e. The van der Waals surface area contributed by atoms with Gasteiger partial charge in [0.1, 0.15) is 0 Å². The largest absolute Gasteiger partial charge is 0.398 e. The van der Waals surface area contributed by atoms with Gasteiger partial charge in [0.15, 0.2) is 5.43 Å². The lowest BCUT2D eigenvalue weighted by molar-refractivity contribution is 1.47. The zero-order chi connectivity index (χ0) is 16.3. The quantitative estimate of drug-likeness (QED) is 0.425. The molecule has 0 bridgehead atoms. The normalized spacial score (nSPS) is 11.7. The Kier molecular flexibility index (Phi) is 2.48. The van der Waals surface area contributed by atoms with E-state index in [1.807, 2.05) is 60.7 Å². The minimum Gasteiger partial charge on any atom is -0.398 e. The maximum absolute atomic E-state index is 12.8. The molecule has 24 heavy (non-hydrogen) atoms. The zero-order valence-electron chi connectivity index (χ0n) is 12.7. The molecule has 4 nitrogen and oxygen atoms in total. The Morgan fingerprint density at radius 3 is 2.38 bits per heavy atom. The van der Waals surface area contributed by atoms with Crippen LogP contribution in [0.4, 0.5) is 5.69 Å². The summed E-state index contributed by atoms with van der Waals surface area (Å²) in [7, 11) is 0. The fourth-order valence-corrected chi connectivity index (χ4v) is 3.34. The van der Waals surface area contributed by atoms with E-state index >= 15 is 0 Å². The van der Waals surface area contributed by atoms with Gasteiger partial charge in [-0.15, -0.1) is 0 Å². The summed E-state index contributed by atoms with van der Waals surface area (Å²) in [6, 6.07) is 19.0. The molecule has 0 aliphatic heterocycles. The molecular weight excluding hydrogens is 298 g/mol. The van der Waals surface area contributed by atoms with Crippen LogP contribution in [0.1, 0.15) is 0 Å². The van der Waals surface area contributed by atoms with E-state index in [4.69, 9.17) is 5.73 Å². The molecular formula is C20H13N3O. The number of nitrogens with one attached hydrogen (secondary N) is 1. The number of para-hydroxylation sites is 2. The summed E-state index contributed by atoms with van der Waals surface area (Å²) >= 11 is 0. The molecule has 0 saturated carbocycles. The number of nitrogens with zero attached hydrogens (tertiary/aromatic N) is 1. The Morgan fingerprint density at radius 2 is 1.50 bits per heavy atom. The van der Waals surface area contributed by atoms with Crippen molar-refractivity contribution in [1.82, 2.24) is 9.97 Å². The topological polar surface area (TPSA) is 71.8 Å². The molecule has 3 aromatic carbocycles. The SMILES string of the molecule is Nc1c2ccccc2nc2cc3c(=O)c4ccccc4[nH]c3cc12. The molecule has 5 aromatic rings. The van der Waals surface area contributed by atoms with Crippen molar-refractivity contribution in [2.75, 3.05) is 5.73 Å². The molecule has 2 heterocycles. The van der Waals surface area contributed by atoms with Crippen LogP contribution in [0.3, 0.4) is 0 Å². The lowest BCUT2D eigenvalue weighted by Crippen LogP contribution is -2.04. The van der Waals surface area contributed by atoms with E-state index in [0.717, 1.165) is 32.8 Å². The fourth-order valence-electron chi connectivity index (χ4n) is 3.34. The molecule has 0 atom stereocenters. The highest BCUT2D eigenvalue weighted by molar-refractivity contribution is 6.10. The Balaban J connectivity index is 2.03. The monoisotopic (exact) mass is 311 g/mol. The third-order valence-electron chi connectivity index (χ3n) is 4.55.